The molecule has 0 aromatic heterocycles. The molecule has 23 heavy (non-hydrogen) atoms. The topological polar surface area (TPSA) is 70.2 Å². The van der Waals surface area contributed by atoms with E-state index >= 15 is 0 Å². The van der Waals surface area contributed by atoms with Gasteiger partial charge in [-0.1, -0.05) is 12.1 Å². The molecule has 1 heterocycles. The molecule has 7 heteroatoms. The van der Waals surface area contributed by atoms with Crippen LogP contribution in [0.2, 0.25) is 0 Å². The summed E-state index contributed by atoms with van der Waals surface area (Å²) in [6, 6.07) is 6.21. The van der Waals surface area contributed by atoms with Crippen LogP contribution >= 0.6 is 12.4 Å². The Labute approximate surface area is 141 Å². The standard InChI is InChI=1S/C16H22FN3O2.ClH/c1-11-14(6-3-7-18-11)20-16(22)10-19-15(21)9-12-4-2-5-13(17)8-12;/h2,4-5,8,11,14,18H,3,6-7,9-10H2,1H3,(H,19,21)(H,20,22);1H. The molecule has 2 amide bonds. The van der Waals surface area contributed by atoms with E-state index in [0.717, 1.165) is 19.4 Å². The van der Waals surface area contributed by atoms with Crippen molar-refractivity contribution < 1.29 is 14.0 Å². The Morgan fingerprint density at radius 2 is 2.13 bits per heavy atom. The maximum atomic E-state index is 13.0. The average molecular weight is 344 g/mol. The Balaban J connectivity index is 0.00000264. The van der Waals surface area contributed by atoms with Crippen molar-refractivity contribution in [2.45, 2.75) is 38.3 Å². The van der Waals surface area contributed by atoms with Crippen LogP contribution in [0, 0.1) is 5.82 Å². The molecule has 3 N–H and O–H groups in total. The van der Waals surface area contributed by atoms with Gasteiger partial charge in [-0.25, -0.2) is 4.39 Å². The van der Waals surface area contributed by atoms with Crippen LogP contribution in [0.3, 0.4) is 0 Å². The van der Waals surface area contributed by atoms with Crippen LogP contribution in [-0.2, 0) is 16.0 Å². The highest BCUT2D eigenvalue weighted by atomic mass is 35.5. The fourth-order valence-electron chi connectivity index (χ4n) is 2.57. The normalized spacial score (nSPS) is 20.3. The number of piperidine rings is 1. The molecule has 1 aliphatic rings. The predicted molar refractivity (Wildman–Crippen MR) is 89.0 cm³/mol. The third-order valence-electron chi connectivity index (χ3n) is 3.81. The summed E-state index contributed by atoms with van der Waals surface area (Å²) in [6.45, 7) is 2.95. The summed E-state index contributed by atoms with van der Waals surface area (Å²) < 4.78 is 13.0. The van der Waals surface area contributed by atoms with Crippen molar-refractivity contribution in [3.63, 3.8) is 0 Å². The van der Waals surface area contributed by atoms with Gasteiger partial charge in [0.1, 0.15) is 5.82 Å². The first-order valence-electron chi connectivity index (χ1n) is 7.58. The number of rotatable bonds is 5. The molecular formula is C16H23ClFN3O2. The van der Waals surface area contributed by atoms with Gasteiger partial charge < -0.3 is 16.0 Å². The van der Waals surface area contributed by atoms with E-state index in [1.54, 1.807) is 12.1 Å². The lowest BCUT2D eigenvalue weighted by Gasteiger charge is -2.30. The molecule has 0 bridgehead atoms. The van der Waals surface area contributed by atoms with Gasteiger partial charge in [-0.3, -0.25) is 9.59 Å². The van der Waals surface area contributed by atoms with Gasteiger partial charge >= 0.3 is 0 Å². The predicted octanol–water partition coefficient (Wildman–Crippen LogP) is 1.16. The second kappa shape index (κ2) is 9.47. The molecule has 2 unspecified atom stereocenters. The highest BCUT2D eigenvalue weighted by Gasteiger charge is 2.22. The van der Waals surface area contributed by atoms with Gasteiger partial charge in [0, 0.05) is 12.1 Å². The Hall–Kier alpha value is -1.66. The second-order valence-corrected chi connectivity index (χ2v) is 5.64. The van der Waals surface area contributed by atoms with Gasteiger partial charge in [-0.05, 0) is 44.0 Å². The number of nitrogens with one attached hydrogen (secondary N) is 3. The summed E-state index contributed by atoms with van der Waals surface area (Å²) >= 11 is 0. The van der Waals surface area contributed by atoms with Crippen molar-refractivity contribution in [1.29, 1.82) is 0 Å². The van der Waals surface area contributed by atoms with E-state index in [0.29, 0.717) is 5.56 Å². The number of halogens is 2. The maximum Gasteiger partial charge on any atom is 0.239 e. The van der Waals surface area contributed by atoms with E-state index in [1.165, 1.54) is 12.1 Å². The zero-order valence-electron chi connectivity index (χ0n) is 13.1. The van der Waals surface area contributed by atoms with Gasteiger partial charge in [0.2, 0.25) is 11.8 Å². The van der Waals surface area contributed by atoms with Crippen LogP contribution in [0.5, 0.6) is 0 Å². The second-order valence-electron chi connectivity index (χ2n) is 5.64. The highest BCUT2D eigenvalue weighted by molar-refractivity contribution is 5.86. The van der Waals surface area contributed by atoms with Crippen LogP contribution in [0.25, 0.3) is 0 Å². The van der Waals surface area contributed by atoms with Crippen LogP contribution in [0.1, 0.15) is 25.3 Å². The van der Waals surface area contributed by atoms with Crippen LogP contribution in [0.15, 0.2) is 24.3 Å². The van der Waals surface area contributed by atoms with Crippen molar-refractivity contribution in [3.8, 4) is 0 Å². The van der Waals surface area contributed by atoms with E-state index in [2.05, 4.69) is 16.0 Å². The van der Waals surface area contributed by atoms with E-state index in [4.69, 9.17) is 0 Å². The summed E-state index contributed by atoms with van der Waals surface area (Å²) in [4.78, 5) is 23.6. The van der Waals surface area contributed by atoms with Crippen molar-refractivity contribution in [2.24, 2.45) is 0 Å². The number of hydrogen-bond acceptors (Lipinski definition) is 3. The molecule has 128 valence electrons. The number of carbonyl (C=O) groups excluding carboxylic acids is 2. The monoisotopic (exact) mass is 343 g/mol. The molecular weight excluding hydrogens is 321 g/mol. The minimum atomic E-state index is -0.373. The van der Waals surface area contributed by atoms with Crippen molar-refractivity contribution in [2.75, 3.05) is 13.1 Å². The summed E-state index contributed by atoms with van der Waals surface area (Å²) in [5, 5.41) is 8.78. The molecule has 5 nitrogen and oxygen atoms in total. The molecule has 1 saturated heterocycles. The van der Waals surface area contributed by atoms with Crippen LogP contribution in [-0.4, -0.2) is 37.0 Å². The van der Waals surface area contributed by atoms with E-state index < -0.39 is 0 Å². The van der Waals surface area contributed by atoms with Crippen LogP contribution in [0.4, 0.5) is 4.39 Å². The molecule has 0 aliphatic carbocycles. The van der Waals surface area contributed by atoms with Crippen LogP contribution < -0.4 is 16.0 Å². The largest absolute Gasteiger partial charge is 0.350 e. The Kier molecular flexibility index (Phi) is 7.98. The number of benzene rings is 1. The molecule has 1 aromatic rings. The zero-order chi connectivity index (χ0) is 15.9. The summed E-state index contributed by atoms with van der Waals surface area (Å²) in [5.41, 5.74) is 0.586. The molecule has 0 saturated carbocycles. The third-order valence-corrected chi connectivity index (χ3v) is 3.81. The average Bonchev–Trinajstić information content (AvgIpc) is 2.48. The molecule has 1 aromatic carbocycles. The van der Waals surface area contributed by atoms with E-state index in [-0.39, 0.29) is 55.1 Å². The van der Waals surface area contributed by atoms with Crippen molar-refractivity contribution in [1.82, 2.24) is 16.0 Å². The first-order chi connectivity index (χ1) is 10.5. The quantitative estimate of drug-likeness (QED) is 0.751. The number of amides is 2. The summed E-state index contributed by atoms with van der Waals surface area (Å²) in [6.07, 6.45) is 2.03. The summed E-state index contributed by atoms with van der Waals surface area (Å²) in [7, 11) is 0. The molecule has 0 radical (unpaired) electrons. The van der Waals surface area contributed by atoms with Gasteiger partial charge in [-0.2, -0.15) is 0 Å². The summed E-state index contributed by atoms with van der Waals surface area (Å²) in [5.74, 6) is -0.870. The Bertz CT molecular complexity index is 542. The molecule has 1 fully saturated rings. The number of hydrogen-bond donors (Lipinski definition) is 3. The third kappa shape index (κ3) is 6.54. The van der Waals surface area contributed by atoms with Gasteiger partial charge in [-0.15, -0.1) is 12.4 Å². The van der Waals surface area contributed by atoms with Crippen molar-refractivity contribution >= 4 is 24.2 Å². The molecule has 2 rings (SSSR count). The lowest BCUT2D eigenvalue weighted by atomic mass is 10.00. The van der Waals surface area contributed by atoms with Gasteiger partial charge in [0.05, 0.1) is 13.0 Å². The van der Waals surface area contributed by atoms with E-state index in [9.17, 15) is 14.0 Å². The first-order valence-corrected chi connectivity index (χ1v) is 7.58. The minimum absolute atomic E-state index is 0. The van der Waals surface area contributed by atoms with Gasteiger partial charge in [0.15, 0.2) is 0 Å². The van der Waals surface area contributed by atoms with Crippen molar-refractivity contribution in [3.05, 3.63) is 35.6 Å². The molecule has 2 atom stereocenters. The molecule has 1 aliphatic heterocycles. The minimum Gasteiger partial charge on any atom is -0.350 e. The smallest absolute Gasteiger partial charge is 0.239 e. The first kappa shape index (κ1) is 19.4. The molecule has 0 spiro atoms. The maximum absolute atomic E-state index is 13.0. The van der Waals surface area contributed by atoms with Gasteiger partial charge in [0.25, 0.3) is 0 Å². The highest BCUT2D eigenvalue weighted by Crippen LogP contribution is 2.07. The number of carbonyl (C=O) groups is 2. The Morgan fingerprint density at radius 3 is 2.83 bits per heavy atom. The fourth-order valence-corrected chi connectivity index (χ4v) is 2.57. The Morgan fingerprint density at radius 1 is 1.35 bits per heavy atom. The SMILES string of the molecule is CC1NCCCC1NC(=O)CNC(=O)Cc1cccc(F)c1.Cl. The van der Waals surface area contributed by atoms with E-state index in [1.807, 2.05) is 6.92 Å². The lowest BCUT2D eigenvalue weighted by molar-refractivity contribution is -0.126. The zero-order valence-corrected chi connectivity index (χ0v) is 13.9. The lowest BCUT2D eigenvalue weighted by Crippen LogP contribution is -2.53. The fraction of sp³-hybridized carbons (Fsp3) is 0.500.